The summed E-state index contributed by atoms with van der Waals surface area (Å²) < 4.78 is 29.7. The molecule has 2 heterocycles. The van der Waals surface area contributed by atoms with Gasteiger partial charge in [0, 0.05) is 23.9 Å². The van der Waals surface area contributed by atoms with Crippen LogP contribution in [0.5, 0.6) is 0 Å². The number of hydrogen-bond donors (Lipinski definition) is 2. The highest BCUT2D eigenvalue weighted by molar-refractivity contribution is 6.00. The van der Waals surface area contributed by atoms with E-state index in [9.17, 15) is 8.78 Å². The molecule has 0 aliphatic rings. The number of nitrogens with zero attached hydrogens (tertiary/aromatic N) is 3. The zero-order valence-electron chi connectivity index (χ0n) is 12.1. The van der Waals surface area contributed by atoms with E-state index in [2.05, 4.69) is 10.1 Å². The molecule has 0 atom stereocenters. The molecule has 0 radical (unpaired) electrons. The SMILES string of the molecule is CC(C)n1nc(-c2cc(F)c(N)cc2F)c2c(N)nccc21. The van der Waals surface area contributed by atoms with E-state index < -0.39 is 11.6 Å². The van der Waals surface area contributed by atoms with Gasteiger partial charge in [-0.15, -0.1) is 0 Å². The first-order chi connectivity index (χ1) is 10.4. The molecule has 7 heteroatoms. The van der Waals surface area contributed by atoms with E-state index in [1.807, 2.05) is 13.8 Å². The fourth-order valence-corrected chi connectivity index (χ4v) is 2.44. The van der Waals surface area contributed by atoms with Gasteiger partial charge in [0.25, 0.3) is 0 Å². The largest absolute Gasteiger partial charge is 0.396 e. The minimum absolute atomic E-state index is 0.0100. The molecule has 0 saturated heterocycles. The predicted molar refractivity (Wildman–Crippen MR) is 82.1 cm³/mol. The molecule has 0 saturated carbocycles. The number of nitrogen functional groups attached to an aromatic ring is 2. The van der Waals surface area contributed by atoms with Crippen molar-refractivity contribution in [3.8, 4) is 11.3 Å². The third-order valence-electron chi connectivity index (χ3n) is 3.48. The van der Waals surface area contributed by atoms with E-state index in [1.54, 1.807) is 16.9 Å². The maximum atomic E-state index is 14.2. The fourth-order valence-electron chi connectivity index (χ4n) is 2.44. The number of rotatable bonds is 2. The summed E-state index contributed by atoms with van der Waals surface area (Å²) in [5.41, 5.74) is 12.0. The van der Waals surface area contributed by atoms with Gasteiger partial charge in [0.2, 0.25) is 0 Å². The molecule has 5 nitrogen and oxygen atoms in total. The summed E-state index contributed by atoms with van der Waals surface area (Å²) in [7, 11) is 0. The van der Waals surface area contributed by atoms with E-state index in [1.165, 1.54) is 0 Å². The molecule has 0 fully saturated rings. The second-order valence-corrected chi connectivity index (χ2v) is 5.33. The Labute approximate surface area is 125 Å². The van der Waals surface area contributed by atoms with E-state index in [0.29, 0.717) is 10.9 Å². The van der Waals surface area contributed by atoms with Gasteiger partial charge in [-0.1, -0.05) is 0 Å². The zero-order valence-corrected chi connectivity index (χ0v) is 12.1. The molecule has 22 heavy (non-hydrogen) atoms. The molecular formula is C15H15F2N5. The molecule has 1 aromatic carbocycles. The van der Waals surface area contributed by atoms with Crippen LogP contribution in [0, 0.1) is 11.6 Å². The molecule has 4 N–H and O–H groups in total. The molecule has 0 amide bonds. The van der Waals surface area contributed by atoms with E-state index >= 15 is 0 Å². The summed E-state index contributed by atoms with van der Waals surface area (Å²) in [6.45, 7) is 3.87. The molecule has 0 bridgehead atoms. The fraction of sp³-hybridized carbons (Fsp3) is 0.200. The van der Waals surface area contributed by atoms with Gasteiger partial charge in [-0.2, -0.15) is 5.10 Å². The Balaban J connectivity index is 2.39. The number of halogens is 2. The molecule has 0 aliphatic heterocycles. The van der Waals surface area contributed by atoms with Crippen LogP contribution in [0.2, 0.25) is 0 Å². The van der Waals surface area contributed by atoms with Crippen molar-refractivity contribution in [1.29, 1.82) is 0 Å². The van der Waals surface area contributed by atoms with Crippen molar-refractivity contribution in [3.63, 3.8) is 0 Å². The van der Waals surface area contributed by atoms with Crippen LogP contribution in [0.15, 0.2) is 24.4 Å². The van der Waals surface area contributed by atoms with Gasteiger partial charge in [-0.25, -0.2) is 13.8 Å². The lowest BCUT2D eigenvalue weighted by molar-refractivity contribution is 0.551. The predicted octanol–water partition coefficient (Wildman–Crippen LogP) is 3.12. The standard InChI is InChI=1S/C15H15F2N5/c1-7(2)22-12-3-4-20-15(19)13(12)14(21-22)8-5-10(17)11(18)6-9(8)16/h3-7H,18H2,1-2H3,(H2,19,20). The number of fused-ring (bicyclic) bond motifs is 1. The van der Waals surface area contributed by atoms with Crippen molar-refractivity contribution in [1.82, 2.24) is 14.8 Å². The number of nitrogens with two attached hydrogens (primary N) is 2. The summed E-state index contributed by atoms with van der Waals surface area (Å²) >= 11 is 0. The molecule has 0 unspecified atom stereocenters. The van der Waals surface area contributed by atoms with Gasteiger partial charge >= 0.3 is 0 Å². The van der Waals surface area contributed by atoms with Crippen LogP contribution in [-0.2, 0) is 0 Å². The van der Waals surface area contributed by atoms with Gasteiger partial charge < -0.3 is 11.5 Å². The minimum Gasteiger partial charge on any atom is -0.396 e. The minimum atomic E-state index is -0.703. The summed E-state index contributed by atoms with van der Waals surface area (Å²) in [6, 6.07) is 3.74. The van der Waals surface area contributed by atoms with Crippen LogP contribution in [0.1, 0.15) is 19.9 Å². The van der Waals surface area contributed by atoms with E-state index in [-0.39, 0.29) is 28.8 Å². The molecule has 114 valence electrons. The van der Waals surface area contributed by atoms with Gasteiger partial charge in [-0.05, 0) is 26.0 Å². The smallest absolute Gasteiger partial charge is 0.146 e. The van der Waals surface area contributed by atoms with Crippen LogP contribution >= 0.6 is 0 Å². The highest BCUT2D eigenvalue weighted by Crippen LogP contribution is 2.35. The molecule has 0 aliphatic carbocycles. The van der Waals surface area contributed by atoms with Gasteiger partial charge in [0.15, 0.2) is 0 Å². The van der Waals surface area contributed by atoms with Crippen molar-refractivity contribution >= 4 is 22.4 Å². The highest BCUT2D eigenvalue weighted by atomic mass is 19.1. The Morgan fingerprint density at radius 2 is 1.86 bits per heavy atom. The van der Waals surface area contributed by atoms with Crippen molar-refractivity contribution < 1.29 is 8.78 Å². The molecule has 0 spiro atoms. The lowest BCUT2D eigenvalue weighted by Gasteiger charge is -2.06. The quantitative estimate of drug-likeness (QED) is 0.713. The van der Waals surface area contributed by atoms with Gasteiger partial charge in [-0.3, -0.25) is 4.68 Å². The van der Waals surface area contributed by atoms with E-state index in [4.69, 9.17) is 11.5 Å². The third-order valence-corrected chi connectivity index (χ3v) is 3.48. The lowest BCUT2D eigenvalue weighted by Crippen LogP contribution is -2.03. The van der Waals surface area contributed by atoms with Crippen LogP contribution in [0.4, 0.5) is 20.3 Å². The van der Waals surface area contributed by atoms with Crippen LogP contribution in [0.3, 0.4) is 0 Å². The molecule has 2 aromatic heterocycles. The summed E-state index contributed by atoms with van der Waals surface area (Å²) in [6.07, 6.45) is 1.56. The summed E-state index contributed by atoms with van der Waals surface area (Å²) in [5, 5.41) is 4.90. The Hall–Kier alpha value is -2.70. The Kier molecular flexibility index (Phi) is 3.20. The van der Waals surface area contributed by atoms with Crippen molar-refractivity contribution in [3.05, 3.63) is 36.0 Å². The first kappa shape index (κ1) is 14.2. The lowest BCUT2D eigenvalue weighted by atomic mass is 10.1. The Bertz CT molecular complexity index is 870. The summed E-state index contributed by atoms with van der Waals surface area (Å²) in [4.78, 5) is 4.02. The van der Waals surface area contributed by atoms with Gasteiger partial charge in [0.05, 0.1) is 16.6 Å². The average Bonchev–Trinajstić information content (AvgIpc) is 2.84. The third kappa shape index (κ3) is 2.05. The van der Waals surface area contributed by atoms with E-state index in [0.717, 1.165) is 12.1 Å². The number of hydrogen-bond acceptors (Lipinski definition) is 4. The zero-order chi connectivity index (χ0) is 16.0. The van der Waals surface area contributed by atoms with Crippen LogP contribution in [0.25, 0.3) is 22.2 Å². The monoisotopic (exact) mass is 303 g/mol. The first-order valence-corrected chi connectivity index (χ1v) is 6.77. The number of aromatic nitrogens is 3. The molecular weight excluding hydrogens is 288 g/mol. The summed E-state index contributed by atoms with van der Waals surface area (Å²) in [5.74, 6) is -1.14. The van der Waals surface area contributed by atoms with Crippen molar-refractivity contribution in [2.75, 3.05) is 11.5 Å². The maximum Gasteiger partial charge on any atom is 0.146 e. The van der Waals surface area contributed by atoms with Crippen molar-refractivity contribution in [2.24, 2.45) is 0 Å². The second kappa shape index (κ2) is 4.94. The number of anilines is 2. The highest BCUT2D eigenvalue weighted by Gasteiger charge is 2.20. The van der Waals surface area contributed by atoms with Gasteiger partial charge in [0.1, 0.15) is 23.1 Å². The maximum absolute atomic E-state index is 14.2. The van der Waals surface area contributed by atoms with Crippen LogP contribution < -0.4 is 11.5 Å². The average molecular weight is 303 g/mol. The Morgan fingerprint density at radius 1 is 1.14 bits per heavy atom. The normalized spacial score (nSPS) is 11.5. The molecule has 3 aromatic rings. The molecule has 3 rings (SSSR count). The Morgan fingerprint density at radius 3 is 2.55 bits per heavy atom. The van der Waals surface area contributed by atoms with Crippen LogP contribution in [-0.4, -0.2) is 14.8 Å². The second-order valence-electron chi connectivity index (χ2n) is 5.33. The number of pyridine rings is 1. The number of benzene rings is 1. The first-order valence-electron chi connectivity index (χ1n) is 6.77. The topological polar surface area (TPSA) is 82.8 Å². The van der Waals surface area contributed by atoms with Crippen molar-refractivity contribution in [2.45, 2.75) is 19.9 Å².